The summed E-state index contributed by atoms with van der Waals surface area (Å²) in [6, 6.07) is 6.59. The van der Waals surface area contributed by atoms with Crippen molar-refractivity contribution >= 4 is 27.8 Å². The third kappa shape index (κ3) is 2.62. The molecule has 124 valence electrons. The highest BCUT2D eigenvalue weighted by Crippen LogP contribution is 2.39. The van der Waals surface area contributed by atoms with E-state index in [4.69, 9.17) is 0 Å². The molecule has 1 aromatic heterocycles. The number of H-pyrrole nitrogens is 1. The summed E-state index contributed by atoms with van der Waals surface area (Å²) >= 11 is 3.47. The number of carbonyl (C=O) groups excluding carboxylic acids is 1. The van der Waals surface area contributed by atoms with Gasteiger partial charge in [-0.25, -0.2) is 4.79 Å². The van der Waals surface area contributed by atoms with Crippen molar-refractivity contribution in [3.05, 3.63) is 51.3 Å². The molecule has 4 rings (SSSR count). The molecule has 1 aromatic carbocycles. The number of halogens is 1. The first-order valence-electron chi connectivity index (χ1n) is 7.90. The van der Waals surface area contributed by atoms with Crippen LogP contribution in [0.4, 0.5) is 0 Å². The van der Waals surface area contributed by atoms with E-state index in [2.05, 4.69) is 26.1 Å². The number of carbonyl (C=O) groups is 2. The molecule has 24 heavy (non-hydrogen) atoms. The fourth-order valence-electron chi connectivity index (χ4n) is 3.21. The standard InChI is InChI=1S/C17H16BrN3O3/c18-12-3-1-2-10-8-21(15(17(23)24)6-11(10)12)16(22)14-7-13(19-20-14)9-4-5-9/h1-3,7,9,15H,4-6,8H2,(H,19,20)(H,23,24). The molecule has 1 aliphatic heterocycles. The van der Waals surface area contributed by atoms with Gasteiger partial charge in [-0.05, 0) is 36.1 Å². The van der Waals surface area contributed by atoms with Crippen molar-refractivity contribution in [3.63, 3.8) is 0 Å². The molecule has 2 heterocycles. The van der Waals surface area contributed by atoms with Gasteiger partial charge < -0.3 is 10.0 Å². The van der Waals surface area contributed by atoms with Crippen LogP contribution in [-0.2, 0) is 17.8 Å². The number of aromatic nitrogens is 2. The van der Waals surface area contributed by atoms with Crippen LogP contribution in [-0.4, -0.2) is 38.1 Å². The van der Waals surface area contributed by atoms with Gasteiger partial charge in [0, 0.05) is 29.1 Å². The summed E-state index contributed by atoms with van der Waals surface area (Å²) in [5.74, 6) is -0.869. The fraction of sp³-hybridized carbons (Fsp3) is 0.353. The Balaban J connectivity index is 1.66. The lowest BCUT2D eigenvalue weighted by Crippen LogP contribution is -2.48. The highest BCUT2D eigenvalue weighted by Gasteiger charge is 2.37. The summed E-state index contributed by atoms with van der Waals surface area (Å²) in [5.41, 5.74) is 3.18. The van der Waals surface area contributed by atoms with Crippen LogP contribution >= 0.6 is 15.9 Å². The average molecular weight is 390 g/mol. The molecule has 1 unspecified atom stereocenters. The average Bonchev–Trinajstić information content (AvgIpc) is 3.30. The minimum atomic E-state index is -0.997. The number of benzene rings is 1. The lowest BCUT2D eigenvalue weighted by atomic mass is 9.93. The van der Waals surface area contributed by atoms with E-state index < -0.39 is 12.0 Å². The molecule has 2 N–H and O–H groups in total. The lowest BCUT2D eigenvalue weighted by molar-refractivity contribution is -0.142. The van der Waals surface area contributed by atoms with Gasteiger partial charge in [0.2, 0.25) is 0 Å². The number of fused-ring (bicyclic) bond motifs is 1. The predicted molar refractivity (Wildman–Crippen MR) is 89.7 cm³/mol. The van der Waals surface area contributed by atoms with Gasteiger partial charge in [-0.1, -0.05) is 28.1 Å². The van der Waals surface area contributed by atoms with E-state index >= 15 is 0 Å². The van der Waals surface area contributed by atoms with Crippen LogP contribution < -0.4 is 0 Å². The molecule has 0 bridgehead atoms. The van der Waals surface area contributed by atoms with Gasteiger partial charge in [-0.15, -0.1) is 0 Å². The number of carboxylic acid groups (broad SMARTS) is 1. The van der Waals surface area contributed by atoms with Crippen LogP contribution in [0.2, 0.25) is 0 Å². The first kappa shape index (κ1) is 15.4. The van der Waals surface area contributed by atoms with Gasteiger partial charge in [0.15, 0.2) is 0 Å². The lowest BCUT2D eigenvalue weighted by Gasteiger charge is -2.34. The topological polar surface area (TPSA) is 86.3 Å². The van der Waals surface area contributed by atoms with Crippen molar-refractivity contribution < 1.29 is 14.7 Å². The summed E-state index contributed by atoms with van der Waals surface area (Å²) in [4.78, 5) is 25.9. The van der Waals surface area contributed by atoms with E-state index in [1.807, 2.05) is 18.2 Å². The van der Waals surface area contributed by atoms with Crippen LogP contribution in [0.25, 0.3) is 0 Å². The van der Waals surface area contributed by atoms with Crippen molar-refractivity contribution in [3.8, 4) is 0 Å². The molecule has 2 aromatic rings. The van der Waals surface area contributed by atoms with Crippen LogP contribution in [0.15, 0.2) is 28.7 Å². The maximum atomic E-state index is 12.8. The second-order valence-corrected chi connectivity index (χ2v) is 7.21. The van der Waals surface area contributed by atoms with Crippen molar-refractivity contribution in [1.82, 2.24) is 15.1 Å². The van der Waals surface area contributed by atoms with Gasteiger partial charge in [0.05, 0.1) is 0 Å². The van der Waals surface area contributed by atoms with E-state index in [1.54, 1.807) is 6.07 Å². The minimum Gasteiger partial charge on any atom is -0.480 e. The Labute approximate surface area is 147 Å². The zero-order valence-electron chi connectivity index (χ0n) is 12.8. The maximum absolute atomic E-state index is 12.8. The molecule has 1 atom stereocenters. The van der Waals surface area contributed by atoms with E-state index in [1.165, 1.54) is 4.90 Å². The van der Waals surface area contributed by atoms with Crippen molar-refractivity contribution in [2.75, 3.05) is 0 Å². The molecule has 0 saturated heterocycles. The third-order valence-electron chi connectivity index (χ3n) is 4.71. The van der Waals surface area contributed by atoms with Gasteiger partial charge >= 0.3 is 5.97 Å². The number of hydrogen-bond acceptors (Lipinski definition) is 3. The van der Waals surface area contributed by atoms with Crippen LogP contribution in [0, 0.1) is 0 Å². The zero-order chi connectivity index (χ0) is 16.8. The number of aromatic amines is 1. The van der Waals surface area contributed by atoms with Gasteiger partial charge in [0.25, 0.3) is 5.91 Å². The molecular weight excluding hydrogens is 374 g/mol. The SMILES string of the molecule is O=C(O)C1Cc2c(Br)cccc2CN1C(=O)c1cc(C2CC2)[nH]n1. The van der Waals surface area contributed by atoms with Crippen molar-refractivity contribution in [1.29, 1.82) is 0 Å². The number of nitrogens with zero attached hydrogens (tertiary/aromatic N) is 2. The Bertz CT molecular complexity index is 828. The molecule has 0 spiro atoms. The monoisotopic (exact) mass is 389 g/mol. The van der Waals surface area contributed by atoms with Crippen molar-refractivity contribution in [2.45, 2.75) is 37.8 Å². The third-order valence-corrected chi connectivity index (χ3v) is 5.45. The number of aliphatic carboxylic acids is 1. The molecule has 1 saturated carbocycles. The highest BCUT2D eigenvalue weighted by atomic mass is 79.9. The quantitative estimate of drug-likeness (QED) is 0.844. The second-order valence-electron chi connectivity index (χ2n) is 6.35. The molecule has 1 aliphatic carbocycles. The Kier molecular flexibility index (Phi) is 3.68. The smallest absolute Gasteiger partial charge is 0.326 e. The molecule has 7 heteroatoms. The highest BCUT2D eigenvalue weighted by molar-refractivity contribution is 9.10. The Hall–Kier alpha value is -2.15. The molecular formula is C17H16BrN3O3. The summed E-state index contributed by atoms with van der Waals surface area (Å²) in [6.45, 7) is 0.274. The normalized spacial score (nSPS) is 19.9. The molecule has 1 fully saturated rings. The fourth-order valence-corrected chi connectivity index (χ4v) is 3.78. The van der Waals surface area contributed by atoms with Crippen molar-refractivity contribution in [2.24, 2.45) is 0 Å². The summed E-state index contributed by atoms with van der Waals surface area (Å²) in [5, 5.41) is 16.6. The molecule has 0 radical (unpaired) electrons. The van der Waals surface area contributed by atoms with E-state index in [0.29, 0.717) is 11.6 Å². The number of amides is 1. The van der Waals surface area contributed by atoms with Gasteiger partial charge in [-0.2, -0.15) is 5.10 Å². The molecule has 2 aliphatic rings. The number of nitrogens with one attached hydrogen (secondary N) is 1. The Morgan fingerprint density at radius 1 is 1.33 bits per heavy atom. The second kappa shape index (κ2) is 5.73. The summed E-state index contributed by atoms with van der Waals surface area (Å²) in [6.07, 6.45) is 2.51. The van der Waals surface area contributed by atoms with E-state index in [0.717, 1.165) is 34.1 Å². The molecule has 6 nitrogen and oxygen atoms in total. The van der Waals surface area contributed by atoms with Gasteiger partial charge in [0.1, 0.15) is 11.7 Å². The first-order valence-corrected chi connectivity index (χ1v) is 8.69. The number of rotatable bonds is 3. The predicted octanol–water partition coefficient (Wildman–Crippen LogP) is 2.70. The Morgan fingerprint density at radius 2 is 2.12 bits per heavy atom. The largest absolute Gasteiger partial charge is 0.480 e. The van der Waals surface area contributed by atoms with Gasteiger partial charge in [-0.3, -0.25) is 9.89 Å². The zero-order valence-corrected chi connectivity index (χ0v) is 14.4. The maximum Gasteiger partial charge on any atom is 0.326 e. The van der Waals surface area contributed by atoms with E-state index in [9.17, 15) is 14.7 Å². The summed E-state index contributed by atoms with van der Waals surface area (Å²) < 4.78 is 0.883. The Morgan fingerprint density at radius 3 is 2.83 bits per heavy atom. The number of carboxylic acids is 1. The molecule has 1 amide bonds. The minimum absolute atomic E-state index is 0.274. The summed E-state index contributed by atoms with van der Waals surface area (Å²) in [7, 11) is 0. The van der Waals surface area contributed by atoms with Crippen LogP contribution in [0.5, 0.6) is 0 Å². The van der Waals surface area contributed by atoms with E-state index in [-0.39, 0.29) is 18.9 Å². The number of hydrogen-bond donors (Lipinski definition) is 2. The van der Waals surface area contributed by atoms with Crippen LogP contribution in [0.1, 0.15) is 46.1 Å². The first-order chi connectivity index (χ1) is 11.5. The van der Waals surface area contributed by atoms with Crippen LogP contribution in [0.3, 0.4) is 0 Å².